The van der Waals surface area contributed by atoms with Gasteiger partial charge in [0, 0.05) is 5.75 Å². The molecule has 18 heteroatoms. The Labute approximate surface area is 198 Å². The topological polar surface area (TPSA) is 213 Å². The maximum Gasteiger partial charge on any atom is 1.00 e. The number of ether oxygens (including phenoxy) is 1. The molecule has 0 amide bonds. The average molecular weight is 541 g/mol. The fourth-order valence-electron chi connectivity index (χ4n) is 3.66. The molecule has 2 aliphatic rings. The second kappa shape index (κ2) is 9.97. The molecule has 0 aliphatic carbocycles. The van der Waals surface area contributed by atoms with Crippen LogP contribution < -0.4 is 16.2 Å². The van der Waals surface area contributed by atoms with Crippen molar-refractivity contribution >= 4 is 44.3 Å². The van der Waals surface area contributed by atoms with Crippen molar-refractivity contribution in [2.24, 2.45) is 0 Å². The van der Waals surface area contributed by atoms with Gasteiger partial charge in [0.15, 0.2) is 22.5 Å². The van der Waals surface area contributed by atoms with Crippen LogP contribution >= 0.6 is 27.2 Å². The van der Waals surface area contributed by atoms with Gasteiger partial charge in [-0.1, -0.05) is 11.8 Å². The molecule has 0 spiro atoms. The molecule has 0 radical (unpaired) electrons. The van der Waals surface area contributed by atoms with Crippen LogP contribution in [0.2, 0.25) is 0 Å². The van der Waals surface area contributed by atoms with Crippen molar-refractivity contribution in [3.8, 4) is 0 Å². The van der Waals surface area contributed by atoms with Crippen molar-refractivity contribution in [3.63, 3.8) is 0 Å². The van der Waals surface area contributed by atoms with Crippen molar-refractivity contribution < 1.29 is 43.4 Å². The summed E-state index contributed by atoms with van der Waals surface area (Å²) in [5.41, 5.74) is 5.02. The van der Waals surface area contributed by atoms with E-state index in [1.807, 2.05) is 0 Å². The summed E-state index contributed by atoms with van der Waals surface area (Å²) in [5.74, 6) is 0.0138. The van der Waals surface area contributed by atoms with Crippen molar-refractivity contribution in [3.05, 3.63) is 10.4 Å². The van der Waals surface area contributed by atoms with Gasteiger partial charge in [0.25, 0.3) is 13.4 Å². The molecule has 5 atom stereocenters. The van der Waals surface area contributed by atoms with Crippen molar-refractivity contribution in [2.75, 3.05) is 37.5 Å². The Hall–Kier alpha value is -1.32. The Kier molecular flexibility index (Phi) is 7.56. The van der Waals surface area contributed by atoms with Gasteiger partial charge in [0.05, 0.1) is 26.0 Å². The maximum atomic E-state index is 12.8. The first kappa shape index (κ1) is 25.8. The second-order valence-corrected chi connectivity index (χ2v) is 11.9. The molecule has 0 bridgehead atoms. The largest absolute Gasteiger partial charge is 1.00 e. The zero-order chi connectivity index (χ0) is 24.7. The fraction of sp³-hybridized carbons (Fsp3) is 0.688. The molecule has 2 aromatic heterocycles. The minimum atomic E-state index is -4.59. The van der Waals surface area contributed by atoms with E-state index >= 15 is 0 Å². The number of hydrogen-bond donors (Lipinski definition) is 3. The summed E-state index contributed by atoms with van der Waals surface area (Å²) >= 11 is 1.09. The van der Waals surface area contributed by atoms with Crippen LogP contribution in [0.3, 0.4) is 0 Å². The lowest BCUT2D eigenvalue weighted by Gasteiger charge is -2.34. The number of aliphatic hydroxyl groups is 1. The number of aliphatic hydroxyl groups excluding tert-OH is 1. The molecule has 34 heavy (non-hydrogen) atoms. The third-order valence-electron chi connectivity index (χ3n) is 5.00. The molecule has 190 valence electrons. The molecule has 2 aromatic rings. The number of phosphoric ester groups is 1. The van der Waals surface area contributed by atoms with Gasteiger partial charge in [0.1, 0.15) is 18.3 Å². The molecule has 4 N–H and O–H groups in total. The number of fused-ring (bicyclic) bond motifs is 2. The molecule has 2 saturated heterocycles. The highest BCUT2D eigenvalue weighted by atomic mass is 32.2. The standard InChI is InChI=1S/C16H25N5O10P2S/c1-3-27-32(24,28-4-2)5-6-34-16-18-9-12(19-15(17)20-13(9)23)21(16)14-10(22)11-8(30-14)7-29-33(25,26)31-11/h8,10-11,14,22H,3-7H2,1-2H3,(H,25,26)(H3,17,19,20,23)/t8?,10?,11-,14-/m1/s1. The number of nitrogens with zero attached hydrogens (tertiary/aromatic N) is 3. The first-order chi connectivity index (χ1) is 16.1. The van der Waals surface area contributed by atoms with Gasteiger partial charge in [0.2, 0.25) is 5.95 Å². The number of nitrogen functional groups attached to an aromatic ring is 1. The van der Waals surface area contributed by atoms with Gasteiger partial charge in [-0.15, -0.1) is 0 Å². The number of rotatable bonds is 9. The Morgan fingerprint density at radius 1 is 1.41 bits per heavy atom. The molecule has 0 aromatic carbocycles. The van der Waals surface area contributed by atoms with Gasteiger partial charge >= 0.3 is 9.02 Å². The Balaban J connectivity index is 0.00000342. The summed E-state index contributed by atoms with van der Waals surface area (Å²) < 4.78 is 51.8. The Morgan fingerprint density at radius 3 is 2.79 bits per heavy atom. The predicted octanol–water partition coefficient (Wildman–Crippen LogP) is 0.315. The number of imidazole rings is 1. The van der Waals surface area contributed by atoms with Gasteiger partial charge in [-0.05, 0) is 13.8 Å². The first-order valence-corrected chi connectivity index (χ1v) is 14.5. The zero-order valence-electron chi connectivity index (χ0n) is 19.2. The number of thioether (sulfide) groups is 1. The minimum Gasteiger partial charge on any atom is -0.756 e. The molecule has 15 nitrogen and oxygen atoms in total. The van der Waals surface area contributed by atoms with Crippen molar-refractivity contribution in [1.82, 2.24) is 19.5 Å². The van der Waals surface area contributed by atoms with E-state index in [1.165, 1.54) is 4.57 Å². The van der Waals surface area contributed by atoms with E-state index in [0.29, 0.717) is 0 Å². The van der Waals surface area contributed by atoms with Gasteiger partial charge in [-0.3, -0.25) is 23.5 Å². The van der Waals surface area contributed by atoms with E-state index in [-0.39, 0.29) is 55.4 Å². The van der Waals surface area contributed by atoms with Crippen LogP contribution in [0.15, 0.2) is 9.95 Å². The van der Waals surface area contributed by atoms with Crippen molar-refractivity contribution in [2.45, 2.75) is 43.5 Å². The normalized spacial score (nSPS) is 29.5. The molecule has 3 unspecified atom stereocenters. The number of anilines is 1. The van der Waals surface area contributed by atoms with Crippen LogP contribution in [0, 0.1) is 0 Å². The SMILES string of the molecule is CCOP(=O)(CCSc1nc2c(=O)[nH]c(N)nc2n1[C@@H]1OC2COP(=O)([O-])O[C@H]2C1O)OCC.[H+]. The monoisotopic (exact) mass is 541 g/mol. The zero-order valence-corrected chi connectivity index (χ0v) is 20.8. The van der Waals surface area contributed by atoms with Gasteiger partial charge in [-0.2, -0.15) is 4.98 Å². The lowest BCUT2D eigenvalue weighted by molar-refractivity contribution is -0.245. The van der Waals surface area contributed by atoms with E-state index in [4.69, 9.17) is 24.0 Å². The van der Waals surface area contributed by atoms with Gasteiger partial charge in [-0.25, -0.2) is 4.98 Å². The summed E-state index contributed by atoms with van der Waals surface area (Å²) in [6, 6.07) is 0. The summed E-state index contributed by atoms with van der Waals surface area (Å²) in [4.78, 5) is 34.9. The van der Waals surface area contributed by atoms with Crippen LogP contribution in [0.4, 0.5) is 5.95 Å². The van der Waals surface area contributed by atoms with E-state index in [9.17, 15) is 23.9 Å². The number of nitrogens with two attached hydrogens (primary N) is 1. The minimum absolute atomic E-state index is 0. The van der Waals surface area contributed by atoms with Gasteiger partial charge < -0.3 is 38.6 Å². The van der Waals surface area contributed by atoms with Crippen LogP contribution in [0.5, 0.6) is 0 Å². The van der Waals surface area contributed by atoms with Crippen LogP contribution in [-0.2, 0) is 32.0 Å². The molecule has 2 fully saturated rings. The number of H-pyrrole nitrogens is 1. The number of hydrogen-bond acceptors (Lipinski definition) is 14. The van der Waals surface area contributed by atoms with E-state index in [2.05, 4.69) is 19.5 Å². The second-order valence-electron chi connectivity index (χ2n) is 7.27. The average Bonchev–Trinajstić information content (AvgIpc) is 3.25. The number of aromatic amines is 1. The highest BCUT2D eigenvalue weighted by Crippen LogP contribution is 2.51. The number of phosphoric acid groups is 1. The van der Waals surface area contributed by atoms with Crippen LogP contribution in [0.25, 0.3) is 11.2 Å². The lowest BCUT2D eigenvalue weighted by Crippen LogP contribution is -2.41. The summed E-state index contributed by atoms with van der Waals surface area (Å²) in [6.07, 6.45) is -4.77. The lowest BCUT2D eigenvalue weighted by atomic mass is 10.1. The summed E-state index contributed by atoms with van der Waals surface area (Å²) in [6.45, 7) is 3.46. The molecule has 4 rings (SSSR count). The smallest absolute Gasteiger partial charge is 0.756 e. The maximum absolute atomic E-state index is 12.8. The predicted molar refractivity (Wildman–Crippen MR) is 118 cm³/mol. The highest BCUT2D eigenvalue weighted by Gasteiger charge is 2.51. The summed E-state index contributed by atoms with van der Waals surface area (Å²) in [7, 11) is -7.93. The summed E-state index contributed by atoms with van der Waals surface area (Å²) in [5, 5.41) is 11.0. The molecular formula is C16H25N5O10P2S. The highest BCUT2D eigenvalue weighted by molar-refractivity contribution is 7.99. The quantitative estimate of drug-likeness (QED) is 0.288. The number of aromatic nitrogens is 4. The number of nitrogens with one attached hydrogen (secondary N) is 1. The molecule has 2 aliphatic heterocycles. The van der Waals surface area contributed by atoms with Crippen LogP contribution in [-0.4, -0.2) is 74.7 Å². The van der Waals surface area contributed by atoms with E-state index in [0.717, 1.165) is 11.8 Å². The third kappa shape index (κ3) is 5.12. The van der Waals surface area contributed by atoms with Crippen molar-refractivity contribution in [1.29, 1.82) is 0 Å². The third-order valence-corrected chi connectivity index (χ3v) is 9.29. The van der Waals surface area contributed by atoms with E-state index in [1.54, 1.807) is 13.8 Å². The Bertz CT molecular complexity index is 1200. The Morgan fingerprint density at radius 2 is 2.12 bits per heavy atom. The van der Waals surface area contributed by atoms with E-state index < -0.39 is 45.5 Å². The molecular weight excluding hydrogens is 516 g/mol. The fourth-order valence-corrected chi connectivity index (χ4v) is 7.66. The molecule has 4 heterocycles. The first-order valence-electron chi connectivity index (χ1n) is 10.3. The molecule has 0 saturated carbocycles. The van der Waals surface area contributed by atoms with Crippen LogP contribution in [0.1, 0.15) is 21.5 Å².